The van der Waals surface area contributed by atoms with Crippen LogP contribution in [0.3, 0.4) is 0 Å². The van der Waals surface area contributed by atoms with Gasteiger partial charge >= 0.3 is 5.97 Å². The van der Waals surface area contributed by atoms with Crippen molar-refractivity contribution < 1.29 is 19.4 Å². The van der Waals surface area contributed by atoms with E-state index in [-0.39, 0.29) is 6.61 Å². The number of carbonyl (C=O) groups is 1. The summed E-state index contributed by atoms with van der Waals surface area (Å²) in [4.78, 5) is 10.6. The second-order valence-electron chi connectivity index (χ2n) is 6.03. The van der Waals surface area contributed by atoms with Gasteiger partial charge in [-0.15, -0.1) is 0 Å². The number of halogens is 1. The Morgan fingerprint density at radius 3 is 2.65 bits per heavy atom. The number of carboxylic acids is 1. The van der Waals surface area contributed by atoms with E-state index in [2.05, 4.69) is 4.57 Å². The van der Waals surface area contributed by atoms with Crippen molar-refractivity contribution in [3.8, 4) is 11.5 Å². The zero-order valence-corrected chi connectivity index (χ0v) is 15.2. The van der Waals surface area contributed by atoms with Crippen molar-refractivity contribution >= 4 is 28.5 Å². The van der Waals surface area contributed by atoms with Gasteiger partial charge in [0.15, 0.2) is 6.61 Å². The van der Waals surface area contributed by atoms with E-state index in [1.165, 1.54) is 0 Å². The van der Waals surface area contributed by atoms with Crippen LogP contribution in [0.4, 0.5) is 0 Å². The first-order valence-electron chi connectivity index (χ1n) is 8.35. The van der Waals surface area contributed by atoms with E-state index in [1.807, 2.05) is 49.5 Å². The second kappa shape index (κ2) is 8.15. The molecule has 0 radical (unpaired) electrons. The Kier molecular flexibility index (Phi) is 5.68. The quantitative estimate of drug-likeness (QED) is 0.589. The minimum absolute atomic E-state index is 0.347. The number of rotatable bonds is 8. The van der Waals surface area contributed by atoms with Crippen molar-refractivity contribution in [2.75, 3.05) is 13.2 Å². The molecule has 0 fully saturated rings. The van der Waals surface area contributed by atoms with Crippen molar-refractivity contribution in [2.24, 2.45) is 0 Å². The largest absolute Gasteiger partial charge is 0.494 e. The summed E-state index contributed by atoms with van der Waals surface area (Å²) in [5.41, 5.74) is 2.00. The smallest absolute Gasteiger partial charge is 0.341 e. The molecular formula is C20H20ClNO4. The molecule has 0 unspecified atom stereocenters. The summed E-state index contributed by atoms with van der Waals surface area (Å²) < 4.78 is 13.1. The van der Waals surface area contributed by atoms with E-state index in [0.717, 1.165) is 40.2 Å². The fourth-order valence-electron chi connectivity index (χ4n) is 2.73. The Morgan fingerprint density at radius 1 is 1.12 bits per heavy atom. The van der Waals surface area contributed by atoms with Gasteiger partial charge in [0.1, 0.15) is 11.5 Å². The van der Waals surface area contributed by atoms with Gasteiger partial charge in [-0.05, 0) is 60.7 Å². The standard InChI is InChI=1S/C20H20ClNO4/c1-14-11-16(5-6-18(14)21)25-10-2-8-22-9-7-15-3-4-17(12-19(15)22)26-13-20(23)24/h3-7,9,11-12H,2,8,10,13H2,1H3,(H,23,24). The maximum atomic E-state index is 10.6. The maximum absolute atomic E-state index is 10.6. The lowest BCUT2D eigenvalue weighted by molar-refractivity contribution is -0.139. The fraction of sp³-hybridized carbons (Fsp3) is 0.250. The van der Waals surface area contributed by atoms with E-state index in [1.54, 1.807) is 6.07 Å². The van der Waals surface area contributed by atoms with Gasteiger partial charge in [-0.25, -0.2) is 4.79 Å². The van der Waals surface area contributed by atoms with E-state index in [4.69, 9.17) is 26.2 Å². The van der Waals surface area contributed by atoms with Gasteiger partial charge < -0.3 is 19.1 Å². The molecule has 0 aliphatic heterocycles. The Bertz CT molecular complexity index is 919. The number of ether oxygens (including phenoxy) is 2. The molecule has 6 heteroatoms. The number of fused-ring (bicyclic) bond motifs is 1. The summed E-state index contributed by atoms with van der Waals surface area (Å²) in [7, 11) is 0. The molecule has 3 aromatic rings. The van der Waals surface area contributed by atoms with E-state index >= 15 is 0 Å². The molecule has 0 aliphatic rings. The van der Waals surface area contributed by atoms with Crippen LogP contribution in [-0.4, -0.2) is 28.9 Å². The number of carboxylic acid groups (broad SMARTS) is 1. The van der Waals surface area contributed by atoms with Crippen LogP contribution >= 0.6 is 11.6 Å². The minimum atomic E-state index is -0.991. The molecular weight excluding hydrogens is 354 g/mol. The van der Waals surface area contributed by atoms with E-state index < -0.39 is 5.97 Å². The third kappa shape index (κ3) is 4.49. The van der Waals surface area contributed by atoms with Crippen molar-refractivity contribution in [1.29, 1.82) is 0 Å². The first-order chi connectivity index (χ1) is 12.5. The summed E-state index contributed by atoms with van der Waals surface area (Å²) >= 11 is 6.02. The topological polar surface area (TPSA) is 60.7 Å². The van der Waals surface area contributed by atoms with Crippen molar-refractivity contribution in [1.82, 2.24) is 4.57 Å². The van der Waals surface area contributed by atoms with Gasteiger partial charge in [-0.2, -0.15) is 0 Å². The number of hydrogen-bond donors (Lipinski definition) is 1. The van der Waals surface area contributed by atoms with E-state index in [9.17, 15) is 4.79 Å². The number of nitrogens with zero attached hydrogens (tertiary/aromatic N) is 1. The SMILES string of the molecule is Cc1cc(OCCCn2ccc3ccc(OCC(=O)O)cc32)ccc1Cl. The van der Waals surface area contributed by atoms with Crippen molar-refractivity contribution in [3.63, 3.8) is 0 Å². The highest BCUT2D eigenvalue weighted by Crippen LogP contribution is 2.23. The van der Waals surface area contributed by atoms with Gasteiger partial charge in [0.25, 0.3) is 0 Å². The third-order valence-electron chi connectivity index (χ3n) is 4.05. The molecule has 2 aromatic carbocycles. The number of aryl methyl sites for hydroxylation is 2. The van der Waals surface area contributed by atoms with Crippen LogP contribution in [0.1, 0.15) is 12.0 Å². The monoisotopic (exact) mass is 373 g/mol. The predicted octanol–water partition coefficient (Wildman–Crippen LogP) is 4.54. The number of aliphatic carboxylic acids is 1. The van der Waals surface area contributed by atoms with Gasteiger partial charge in [-0.3, -0.25) is 0 Å². The summed E-state index contributed by atoms with van der Waals surface area (Å²) in [5.74, 6) is 0.372. The predicted molar refractivity (Wildman–Crippen MR) is 101 cm³/mol. The average Bonchev–Trinajstić information content (AvgIpc) is 3.02. The minimum Gasteiger partial charge on any atom is -0.494 e. The molecule has 0 bridgehead atoms. The Morgan fingerprint density at radius 2 is 1.88 bits per heavy atom. The molecule has 0 saturated heterocycles. The molecule has 1 heterocycles. The van der Waals surface area contributed by atoms with Crippen LogP contribution in [0, 0.1) is 6.92 Å². The van der Waals surface area contributed by atoms with Crippen LogP contribution in [0.2, 0.25) is 5.02 Å². The fourth-order valence-corrected chi connectivity index (χ4v) is 2.84. The summed E-state index contributed by atoms with van der Waals surface area (Å²) in [6, 6.07) is 13.2. The summed E-state index contributed by atoms with van der Waals surface area (Å²) in [6.45, 7) is 2.99. The Hall–Kier alpha value is -2.66. The molecule has 136 valence electrons. The lowest BCUT2D eigenvalue weighted by Gasteiger charge is -2.10. The molecule has 1 aromatic heterocycles. The zero-order chi connectivity index (χ0) is 18.5. The third-order valence-corrected chi connectivity index (χ3v) is 4.47. The molecule has 0 amide bonds. The molecule has 0 atom stereocenters. The van der Waals surface area contributed by atoms with Crippen LogP contribution in [0.5, 0.6) is 11.5 Å². The number of hydrogen-bond acceptors (Lipinski definition) is 3. The molecule has 0 saturated carbocycles. The van der Waals surface area contributed by atoms with E-state index in [0.29, 0.717) is 12.4 Å². The number of benzene rings is 2. The molecule has 5 nitrogen and oxygen atoms in total. The molecule has 0 spiro atoms. The first kappa shape index (κ1) is 18.1. The maximum Gasteiger partial charge on any atom is 0.341 e. The van der Waals surface area contributed by atoms with Crippen molar-refractivity contribution in [3.05, 3.63) is 59.2 Å². The Labute approximate surface area is 156 Å². The Balaban J connectivity index is 1.58. The van der Waals surface area contributed by atoms with Gasteiger partial charge in [0.2, 0.25) is 0 Å². The zero-order valence-electron chi connectivity index (χ0n) is 14.4. The van der Waals surface area contributed by atoms with Crippen LogP contribution in [0.25, 0.3) is 10.9 Å². The molecule has 3 rings (SSSR count). The second-order valence-corrected chi connectivity index (χ2v) is 6.43. The summed E-state index contributed by atoms with van der Waals surface area (Å²) in [5, 5.41) is 10.5. The van der Waals surface area contributed by atoms with Crippen LogP contribution in [0.15, 0.2) is 48.7 Å². The lowest BCUT2D eigenvalue weighted by atomic mass is 10.2. The molecule has 26 heavy (non-hydrogen) atoms. The van der Waals surface area contributed by atoms with Crippen LogP contribution in [-0.2, 0) is 11.3 Å². The first-order valence-corrected chi connectivity index (χ1v) is 8.73. The molecule has 1 N–H and O–H groups in total. The summed E-state index contributed by atoms with van der Waals surface area (Å²) in [6.07, 6.45) is 2.85. The van der Waals surface area contributed by atoms with Crippen molar-refractivity contribution in [2.45, 2.75) is 19.9 Å². The van der Waals surface area contributed by atoms with Gasteiger partial charge in [-0.1, -0.05) is 11.6 Å². The number of aromatic nitrogens is 1. The highest BCUT2D eigenvalue weighted by Gasteiger charge is 2.05. The van der Waals surface area contributed by atoms with Gasteiger partial charge in [0, 0.05) is 23.8 Å². The van der Waals surface area contributed by atoms with Crippen LogP contribution < -0.4 is 9.47 Å². The lowest BCUT2D eigenvalue weighted by Crippen LogP contribution is -2.09. The normalized spacial score (nSPS) is 10.8. The highest BCUT2D eigenvalue weighted by atomic mass is 35.5. The van der Waals surface area contributed by atoms with Gasteiger partial charge in [0.05, 0.1) is 12.1 Å². The molecule has 0 aliphatic carbocycles. The highest BCUT2D eigenvalue weighted by molar-refractivity contribution is 6.31. The average molecular weight is 374 g/mol.